The van der Waals surface area contributed by atoms with E-state index in [2.05, 4.69) is 22.1 Å². The Morgan fingerprint density at radius 3 is 2.80 bits per heavy atom. The zero-order valence-electron chi connectivity index (χ0n) is 17.1. The van der Waals surface area contributed by atoms with Gasteiger partial charge < -0.3 is 15.5 Å². The van der Waals surface area contributed by atoms with Crippen LogP contribution < -0.4 is 10.6 Å². The van der Waals surface area contributed by atoms with Crippen molar-refractivity contribution in [3.63, 3.8) is 0 Å². The van der Waals surface area contributed by atoms with Gasteiger partial charge in [-0.1, -0.05) is 12.8 Å². The first kappa shape index (κ1) is 20.8. The highest BCUT2D eigenvalue weighted by atomic mass is 32.1. The van der Waals surface area contributed by atoms with Gasteiger partial charge in [-0.3, -0.25) is 19.3 Å². The normalized spacial score (nSPS) is 19.9. The maximum Gasteiger partial charge on any atom is 0.325 e. The first-order chi connectivity index (χ1) is 14.5. The molecule has 1 spiro atoms. The molecule has 0 atom stereocenters. The Labute approximate surface area is 180 Å². The van der Waals surface area contributed by atoms with E-state index in [4.69, 9.17) is 0 Å². The Bertz CT molecular complexity index is 846. The van der Waals surface area contributed by atoms with Crippen molar-refractivity contribution in [2.45, 2.75) is 63.5 Å². The molecular formula is C21H28N4O4S. The molecule has 1 aromatic rings. The van der Waals surface area contributed by atoms with Gasteiger partial charge in [0.25, 0.3) is 5.91 Å². The Hall–Kier alpha value is -2.42. The summed E-state index contributed by atoms with van der Waals surface area (Å²) in [5.74, 6) is -0.260. The fourth-order valence-electron chi connectivity index (χ4n) is 4.61. The highest BCUT2D eigenvalue weighted by Crippen LogP contribution is 2.35. The summed E-state index contributed by atoms with van der Waals surface area (Å²) in [6.45, 7) is 1.93. The minimum atomic E-state index is -0.696. The molecule has 1 saturated heterocycles. The number of amides is 5. The van der Waals surface area contributed by atoms with Crippen molar-refractivity contribution in [1.82, 2.24) is 20.4 Å². The summed E-state index contributed by atoms with van der Waals surface area (Å²) in [5.41, 5.74) is 0.529. The van der Waals surface area contributed by atoms with Gasteiger partial charge in [-0.15, -0.1) is 11.3 Å². The fourth-order valence-corrected chi connectivity index (χ4v) is 5.50. The molecule has 1 saturated carbocycles. The number of nitrogens with one attached hydrogen (secondary N) is 2. The summed E-state index contributed by atoms with van der Waals surface area (Å²) in [5, 5.41) is 7.68. The number of rotatable bonds is 7. The predicted molar refractivity (Wildman–Crippen MR) is 112 cm³/mol. The Balaban J connectivity index is 1.13. The Morgan fingerprint density at radius 1 is 1.20 bits per heavy atom. The van der Waals surface area contributed by atoms with E-state index in [-0.39, 0.29) is 43.1 Å². The van der Waals surface area contributed by atoms with Crippen LogP contribution >= 0.6 is 11.3 Å². The van der Waals surface area contributed by atoms with E-state index in [1.54, 1.807) is 11.3 Å². The van der Waals surface area contributed by atoms with Crippen LogP contribution in [-0.4, -0.2) is 58.7 Å². The lowest BCUT2D eigenvalue weighted by atomic mass is 9.98. The molecule has 1 aromatic heterocycles. The number of hydrogen-bond acceptors (Lipinski definition) is 5. The molecule has 9 heteroatoms. The lowest BCUT2D eigenvalue weighted by Crippen LogP contribution is -2.44. The van der Waals surface area contributed by atoms with Gasteiger partial charge >= 0.3 is 6.03 Å². The standard InChI is InChI=1S/C21H28N4O4S/c26-17(4-3-11-25-19(28)21(23-20(25)29)8-1-2-9-21)22-10-5-18(27)24-12-6-16-15(14-24)7-13-30-16/h7,13H,1-6,8-12,14H2,(H,22,26)(H,23,29). The molecule has 2 aliphatic heterocycles. The largest absolute Gasteiger partial charge is 0.356 e. The summed E-state index contributed by atoms with van der Waals surface area (Å²) in [6, 6.07) is 1.73. The van der Waals surface area contributed by atoms with Crippen molar-refractivity contribution >= 4 is 35.1 Å². The summed E-state index contributed by atoms with van der Waals surface area (Å²) in [7, 11) is 0. The van der Waals surface area contributed by atoms with Crippen LogP contribution in [0.1, 0.15) is 55.4 Å². The molecule has 0 aromatic carbocycles. The Kier molecular flexibility index (Phi) is 6.08. The summed E-state index contributed by atoms with van der Waals surface area (Å²) in [4.78, 5) is 53.6. The van der Waals surface area contributed by atoms with Gasteiger partial charge in [-0.25, -0.2) is 4.79 Å². The van der Waals surface area contributed by atoms with Gasteiger partial charge in [0.15, 0.2) is 0 Å². The van der Waals surface area contributed by atoms with E-state index in [1.165, 1.54) is 15.3 Å². The molecule has 1 aliphatic carbocycles. The maximum absolute atomic E-state index is 12.6. The molecule has 162 valence electrons. The van der Waals surface area contributed by atoms with Crippen LogP contribution in [0.5, 0.6) is 0 Å². The third-order valence-electron chi connectivity index (χ3n) is 6.31. The van der Waals surface area contributed by atoms with Gasteiger partial charge in [0, 0.05) is 43.9 Å². The number of carbonyl (C=O) groups is 4. The summed E-state index contributed by atoms with van der Waals surface area (Å²) >= 11 is 1.74. The topological polar surface area (TPSA) is 98.8 Å². The van der Waals surface area contributed by atoms with Crippen molar-refractivity contribution in [3.8, 4) is 0 Å². The number of carbonyl (C=O) groups excluding carboxylic acids is 4. The predicted octanol–water partition coefficient (Wildman–Crippen LogP) is 1.78. The van der Waals surface area contributed by atoms with E-state index in [1.807, 2.05) is 4.90 Å². The second-order valence-electron chi connectivity index (χ2n) is 8.31. The molecule has 2 N–H and O–H groups in total. The minimum absolute atomic E-state index is 0.0494. The van der Waals surface area contributed by atoms with E-state index < -0.39 is 5.54 Å². The summed E-state index contributed by atoms with van der Waals surface area (Å²) < 4.78 is 0. The zero-order valence-corrected chi connectivity index (χ0v) is 17.9. The van der Waals surface area contributed by atoms with Crippen LogP contribution in [-0.2, 0) is 27.3 Å². The average Bonchev–Trinajstić information content (AvgIpc) is 3.44. The average molecular weight is 433 g/mol. The van der Waals surface area contributed by atoms with Crippen LogP contribution in [0.2, 0.25) is 0 Å². The monoisotopic (exact) mass is 432 g/mol. The number of imide groups is 1. The quantitative estimate of drug-likeness (QED) is 0.642. The van der Waals surface area contributed by atoms with E-state index in [0.29, 0.717) is 32.4 Å². The van der Waals surface area contributed by atoms with Crippen LogP contribution in [0, 0.1) is 0 Å². The lowest BCUT2D eigenvalue weighted by Gasteiger charge is -2.27. The molecule has 3 aliphatic rings. The molecule has 8 nitrogen and oxygen atoms in total. The molecule has 0 unspecified atom stereocenters. The molecule has 2 fully saturated rings. The van der Waals surface area contributed by atoms with Gasteiger partial charge in [0.2, 0.25) is 11.8 Å². The minimum Gasteiger partial charge on any atom is -0.356 e. The highest BCUT2D eigenvalue weighted by molar-refractivity contribution is 7.10. The highest BCUT2D eigenvalue weighted by Gasteiger charge is 2.52. The lowest BCUT2D eigenvalue weighted by molar-refractivity contribution is -0.133. The number of nitrogens with zero attached hydrogens (tertiary/aromatic N) is 2. The molecular weight excluding hydrogens is 404 g/mol. The van der Waals surface area contributed by atoms with Crippen molar-refractivity contribution in [3.05, 3.63) is 21.9 Å². The molecule has 0 bridgehead atoms. The molecule has 0 radical (unpaired) electrons. The van der Waals surface area contributed by atoms with Gasteiger partial charge in [-0.05, 0) is 42.7 Å². The molecule has 3 heterocycles. The second kappa shape index (κ2) is 8.75. The molecule has 5 amide bonds. The van der Waals surface area contributed by atoms with Crippen LogP contribution in [0.4, 0.5) is 4.79 Å². The first-order valence-electron chi connectivity index (χ1n) is 10.7. The SMILES string of the molecule is O=C(CCCN1C(=O)NC2(CCCC2)C1=O)NCCC(=O)N1CCc2sccc2C1. The number of hydrogen-bond donors (Lipinski definition) is 2. The third kappa shape index (κ3) is 4.21. The number of urea groups is 1. The van der Waals surface area contributed by atoms with Gasteiger partial charge in [-0.2, -0.15) is 0 Å². The van der Waals surface area contributed by atoms with Crippen molar-refractivity contribution < 1.29 is 19.2 Å². The van der Waals surface area contributed by atoms with Crippen molar-refractivity contribution in [2.75, 3.05) is 19.6 Å². The van der Waals surface area contributed by atoms with Gasteiger partial charge in [0.1, 0.15) is 5.54 Å². The van der Waals surface area contributed by atoms with E-state index in [9.17, 15) is 19.2 Å². The zero-order chi connectivity index (χ0) is 21.1. The third-order valence-corrected chi connectivity index (χ3v) is 7.33. The first-order valence-corrected chi connectivity index (χ1v) is 11.6. The van der Waals surface area contributed by atoms with Crippen LogP contribution in [0.25, 0.3) is 0 Å². The van der Waals surface area contributed by atoms with Crippen molar-refractivity contribution in [1.29, 1.82) is 0 Å². The molecule has 4 rings (SSSR count). The van der Waals surface area contributed by atoms with Crippen LogP contribution in [0.3, 0.4) is 0 Å². The van der Waals surface area contributed by atoms with Gasteiger partial charge in [0.05, 0.1) is 0 Å². The van der Waals surface area contributed by atoms with Crippen molar-refractivity contribution in [2.24, 2.45) is 0 Å². The maximum atomic E-state index is 12.6. The van der Waals surface area contributed by atoms with Crippen LogP contribution in [0.15, 0.2) is 11.4 Å². The molecule has 30 heavy (non-hydrogen) atoms. The smallest absolute Gasteiger partial charge is 0.325 e. The fraction of sp³-hybridized carbons (Fsp3) is 0.619. The Morgan fingerprint density at radius 2 is 2.00 bits per heavy atom. The number of thiophene rings is 1. The number of fused-ring (bicyclic) bond motifs is 1. The van der Waals surface area contributed by atoms with E-state index in [0.717, 1.165) is 25.8 Å². The summed E-state index contributed by atoms with van der Waals surface area (Å²) in [6.07, 6.45) is 5.12. The second-order valence-corrected chi connectivity index (χ2v) is 9.31. The van der Waals surface area contributed by atoms with E-state index >= 15 is 0 Å².